The fraction of sp³-hybridized carbons (Fsp3) is 0.917. The minimum absolute atomic E-state index is 0.151. The summed E-state index contributed by atoms with van der Waals surface area (Å²) in [5.74, 6) is 1.31. The van der Waals surface area contributed by atoms with E-state index < -0.39 is 0 Å². The molecule has 4 atom stereocenters. The zero-order valence-electron chi connectivity index (χ0n) is 10.2. The average molecular weight is 226 g/mol. The number of hydrogen-bond donors (Lipinski definition) is 2. The van der Waals surface area contributed by atoms with Crippen LogP contribution >= 0.6 is 0 Å². The number of carbonyl (C=O) groups is 1. The Kier molecular flexibility index (Phi) is 3.82. The van der Waals surface area contributed by atoms with Crippen LogP contribution in [0, 0.1) is 17.8 Å². The molecule has 1 amide bonds. The van der Waals surface area contributed by atoms with Crippen molar-refractivity contribution in [3.05, 3.63) is 0 Å². The van der Waals surface area contributed by atoms with Gasteiger partial charge in [0.2, 0.25) is 5.91 Å². The molecule has 2 saturated heterocycles. The Morgan fingerprint density at radius 2 is 2.25 bits per heavy atom. The maximum atomic E-state index is 11.9. The van der Waals surface area contributed by atoms with Gasteiger partial charge < -0.3 is 15.4 Å². The van der Waals surface area contributed by atoms with Crippen LogP contribution in [0.1, 0.15) is 20.3 Å². The summed E-state index contributed by atoms with van der Waals surface area (Å²) in [5.41, 5.74) is 0. The third-order valence-electron chi connectivity index (χ3n) is 3.93. The van der Waals surface area contributed by atoms with Crippen LogP contribution in [-0.2, 0) is 9.53 Å². The zero-order valence-corrected chi connectivity index (χ0v) is 10.2. The third-order valence-corrected chi connectivity index (χ3v) is 3.93. The first-order chi connectivity index (χ1) is 7.68. The van der Waals surface area contributed by atoms with E-state index in [0.29, 0.717) is 17.9 Å². The van der Waals surface area contributed by atoms with Crippen molar-refractivity contribution in [3.63, 3.8) is 0 Å². The Balaban J connectivity index is 1.75. The van der Waals surface area contributed by atoms with Crippen molar-refractivity contribution in [1.29, 1.82) is 0 Å². The minimum atomic E-state index is 0.151. The van der Waals surface area contributed by atoms with E-state index >= 15 is 0 Å². The summed E-state index contributed by atoms with van der Waals surface area (Å²) < 4.78 is 5.48. The van der Waals surface area contributed by atoms with Gasteiger partial charge in [0.15, 0.2) is 0 Å². The van der Waals surface area contributed by atoms with Crippen molar-refractivity contribution >= 4 is 5.91 Å². The fourth-order valence-electron chi connectivity index (χ4n) is 2.57. The van der Waals surface area contributed by atoms with E-state index in [0.717, 1.165) is 32.7 Å². The first-order valence-electron chi connectivity index (χ1n) is 6.28. The molecule has 2 N–H and O–H groups in total. The van der Waals surface area contributed by atoms with E-state index in [1.54, 1.807) is 0 Å². The fourth-order valence-corrected chi connectivity index (χ4v) is 2.57. The molecule has 2 fully saturated rings. The number of hydrogen-bond acceptors (Lipinski definition) is 3. The molecule has 2 unspecified atom stereocenters. The van der Waals surface area contributed by atoms with Crippen LogP contribution in [0.4, 0.5) is 0 Å². The molecular weight excluding hydrogens is 204 g/mol. The number of nitrogens with one attached hydrogen (secondary N) is 2. The molecule has 0 saturated carbocycles. The van der Waals surface area contributed by atoms with Gasteiger partial charge in [-0.05, 0) is 25.8 Å². The predicted octanol–water partition coefficient (Wildman–Crippen LogP) is 0.383. The van der Waals surface area contributed by atoms with E-state index in [-0.39, 0.29) is 11.8 Å². The molecule has 0 aromatic carbocycles. The topological polar surface area (TPSA) is 50.4 Å². The highest BCUT2D eigenvalue weighted by atomic mass is 16.5. The van der Waals surface area contributed by atoms with Gasteiger partial charge in [-0.15, -0.1) is 0 Å². The summed E-state index contributed by atoms with van der Waals surface area (Å²) >= 11 is 0. The van der Waals surface area contributed by atoms with Crippen LogP contribution in [0.3, 0.4) is 0 Å². The molecule has 0 spiro atoms. The Morgan fingerprint density at radius 1 is 1.44 bits per heavy atom. The van der Waals surface area contributed by atoms with E-state index in [1.165, 1.54) is 0 Å². The Morgan fingerprint density at radius 3 is 2.81 bits per heavy atom. The highest BCUT2D eigenvalue weighted by Crippen LogP contribution is 2.20. The van der Waals surface area contributed by atoms with Crippen LogP contribution in [0.2, 0.25) is 0 Å². The molecule has 16 heavy (non-hydrogen) atoms. The van der Waals surface area contributed by atoms with E-state index in [4.69, 9.17) is 4.74 Å². The Hall–Kier alpha value is -0.610. The summed E-state index contributed by atoms with van der Waals surface area (Å²) in [6.07, 6.45) is 1.36. The van der Waals surface area contributed by atoms with Crippen molar-refractivity contribution in [2.45, 2.75) is 26.4 Å². The Bertz CT molecular complexity index is 257. The SMILES string of the molecule is CC1OCCC1CNC(=O)[C@@H]1CNC[C@H]1C. The number of carbonyl (C=O) groups excluding carboxylic acids is 1. The normalized spacial score (nSPS) is 38.9. The van der Waals surface area contributed by atoms with Crippen LogP contribution < -0.4 is 10.6 Å². The molecule has 0 aromatic rings. The van der Waals surface area contributed by atoms with E-state index in [2.05, 4.69) is 24.5 Å². The van der Waals surface area contributed by atoms with Crippen LogP contribution in [-0.4, -0.2) is 38.3 Å². The number of rotatable bonds is 3. The molecule has 4 nitrogen and oxygen atoms in total. The molecule has 0 radical (unpaired) electrons. The van der Waals surface area contributed by atoms with E-state index in [9.17, 15) is 4.79 Å². The van der Waals surface area contributed by atoms with Gasteiger partial charge in [0, 0.05) is 25.6 Å². The van der Waals surface area contributed by atoms with Gasteiger partial charge in [0.25, 0.3) is 0 Å². The molecule has 4 heteroatoms. The first kappa shape index (κ1) is 11.9. The highest BCUT2D eigenvalue weighted by molar-refractivity contribution is 5.79. The van der Waals surface area contributed by atoms with Crippen molar-refractivity contribution in [1.82, 2.24) is 10.6 Å². The monoisotopic (exact) mass is 226 g/mol. The second kappa shape index (κ2) is 5.15. The molecule has 2 aliphatic rings. The van der Waals surface area contributed by atoms with Gasteiger partial charge in [0.05, 0.1) is 12.0 Å². The maximum Gasteiger partial charge on any atom is 0.224 e. The van der Waals surface area contributed by atoms with Crippen LogP contribution in [0.5, 0.6) is 0 Å². The van der Waals surface area contributed by atoms with Gasteiger partial charge in [-0.3, -0.25) is 4.79 Å². The molecule has 0 bridgehead atoms. The molecule has 2 aliphatic heterocycles. The molecular formula is C12H22N2O2. The van der Waals surface area contributed by atoms with Gasteiger partial charge >= 0.3 is 0 Å². The van der Waals surface area contributed by atoms with Crippen molar-refractivity contribution in [2.75, 3.05) is 26.2 Å². The number of ether oxygens (including phenoxy) is 1. The number of amides is 1. The van der Waals surface area contributed by atoms with E-state index in [1.807, 2.05) is 0 Å². The molecule has 0 aliphatic carbocycles. The summed E-state index contributed by atoms with van der Waals surface area (Å²) in [6, 6.07) is 0. The summed E-state index contributed by atoms with van der Waals surface area (Å²) in [6.45, 7) is 7.60. The molecule has 0 aromatic heterocycles. The quantitative estimate of drug-likeness (QED) is 0.731. The van der Waals surface area contributed by atoms with Gasteiger partial charge in [-0.25, -0.2) is 0 Å². The van der Waals surface area contributed by atoms with Crippen LogP contribution in [0.15, 0.2) is 0 Å². The van der Waals surface area contributed by atoms with Gasteiger partial charge in [-0.2, -0.15) is 0 Å². The smallest absolute Gasteiger partial charge is 0.224 e. The summed E-state index contributed by atoms with van der Waals surface area (Å²) in [4.78, 5) is 11.9. The lowest BCUT2D eigenvalue weighted by Gasteiger charge is -2.18. The van der Waals surface area contributed by atoms with Crippen molar-refractivity contribution in [2.24, 2.45) is 17.8 Å². The Labute approximate surface area is 97.1 Å². The summed E-state index contributed by atoms with van der Waals surface area (Å²) in [7, 11) is 0. The predicted molar refractivity (Wildman–Crippen MR) is 62.1 cm³/mol. The summed E-state index contributed by atoms with van der Waals surface area (Å²) in [5, 5.41) is 6.32. The molecule has 2 rings (SSSR count). The lowest BCUT2D eigenvalue weighted by Crippen LogP contribution is -2.38. The lowest BCUT2D eigenvalue weighted by molar-refractivity contribution is -0.125. The molecule has 2 heterocycles. The van der Waals surface area contributed by atoms with Gasteiger partial charge in [0.1, 0.15) is 0 Å². The lowest BCUT2D eigenvalue weighted by atomic mass is 9.96. The highest BCUT2D eigenvalue weighted by Gasteiger charge is 2.31. The van der Waals surface area contributed by atoms with Crippen LogP contribution in [0.25, 0.3) is 0 Å². The second-order valence-electron chi connectivity index (χ2n) is 5.11. The maximum absolute atomic E-state index is 11.9. The molecule has 92 valence electrons. The van der Waals surface area contributed by atoms with Gasteiger partial charge in [-0.1, -0.05) is 6.92 Å². The zero-order chi connectivity index (χ0) is 11.5. The first-order valence-corrected chi connectivity index (χ1v) is 6.28. The standard InChI is InChI=1S/C12H22N2O2/c1-8-5-13-7-11(8)12(15)14-6-10-3-4-16-9(10)2/h8-11,13H,3-7H2,1-2H3,(H,14,15)/t8-,9?,10?,11-/m1/s1. The van der Waals surface area contributed by atoms with Crippen molar-refractivity contribution < 1.29 is 9.53 Å². The minimum Gasteiger partial charge on any atom is -0.378 e. The average Bonchev–Trinajstić information content (AvgIpc) is 2.84. The third kappa shape index (κ3) is 2.55. The second-order valence-corrected chi connectivity index (χ2v) is 5.11. The largest absolute Gasteiger partial charge is 0.378 e. The van der Waals surface area contributed by atoms with Crippen molar-refractivity contribution in [3.8, 4) is 0 Å².